The molecule has 0 aliphatic carbocycles. The summed E-state index contributed by atoms with van der Waals surface area (Å²) in [6.07, 6.45) is 3.45. The number of H-pyrrole nitrogens is 1. The molecule has 0 spiro atoms. The van der Waals surface area contributed by atoms with Gasteiger partial charge in [0.15, 0.2) is 0 Å². The van der Waals surface area contributed by atoms with E-state index in [9.17, 15) is 0 Å². The Morgan fingerprint density at radius 3 is 2.62 bits per heavy atom. The second-order valence-electron chi connectivity index (χ2n) is 2.06. The number of aromatic nitrogens is 4. The zero-order valence-corrected chi connectivity index (χ0v) is 6.49. The Morgan fingerprint density at radius 1 is 1.31 bits per heavy atom. The van der Waals surface area contributed by atoms with Gasteiger partial charge in [0, 0.05) is 6.20 Å². The smallest absolute Gasteiger partial charge is 0.402 e. The Morgan fingerprint density at radius 2 is 2.00 bits per heavy atom. The van der Waals surface area contributed by atoms with Gasteiger partial charge in [-0.05, 0) is 11.3 Å². The number of hydrogen-bond acceptors (Lipinski definition) is 6. The number of nitrogens with zero attached hydrogens (tertiary/aromatic N) is 3. The molecule has 0 aliphatic heterocycles. The molecule has 13 heavy (non-hydrogen) atoms. The lowest BCUT2D eigenvalue weighted by molar-refractivity contribution is 0.278. The highest BCUT2D eigenvalue weighted by atomic mass is 16.5. The molecule has 0 radical (unpaired) electrons. The summed E-state index contributed by atoms with van der Waals surface area (Å²) in [4.78, 5) is 2.95. The highest BCUT2D eigenvalue weighted by Crippen LogP contribution is 2.02. The molecule has 0 amide bonds. The largest absolute Gasteiger partial charge is 0.631 e. The van der Waals surface area contributed by atoms with Crippen molar-refractivity contribution >= 4 is 18.4 Å². The number of hydrogen-bond donors (Lipinski definition) is 4. The van der Waals surface area contributed by atoms with E-state index in [1.165, 1.54) is 0 Å². The third-order valence-corrected chi connectivity index (χ3v) is 1.15. The van der Waals surface area contributed by atoms with Crippen LogP contribution in [0, 0.1) is 0 Å². The molecule has 0 aliphatic rings. The molecular formula is C5H7BN4O3. The molecule has 4 N–H and O–H groups in total. The minimum atomic E-state index is -2.17. The second kappa shape index (κ2) is 4.50. The third-order valence-electron chi connectivity index (χ3n) is 1.15. The van der Waals surface area contributed by atoms with Crippen molar-refractivity contribution in [2.75, 3.05) is 0 Å². The summed E-state index contributed by atoms with van der Waals surface area (Å²) in [6.45, 7) is 0. The summed E-state index contributed by atoms with van der Waals surface area (Å²) in [6, 6.07) is 1.85. The van der Waals surface area contributed by atoms with E-state index in [0.29, 0.717) is 0 Å². The summed E-state index contributed by atoms with van der Waals surface area (Å²) in [5.41, 5.74) is 1.77. The van der Waals surface area contributed by atoms with Crippen molar-refractivity contribution in [3.8, 4) is 0 Å². The summed E-state index contributed by atoms with van der Waals surface area (Å²) in [5.74, 6) is 0. The zero-order chi connectivity index (χ0) is 9.68. The number of rotatable bonds is 0. The Kier molecular flexibility index (Phi) is 3.32. The Balaban J connectivity index is 0.000000184. The van der Waals surface area contributed by atoms with Crippen molar-refractivity contribution in [3.63, 3.8) is 0 Å². The molecule has 2 aromatic heterocycles. The van der Waals surface area contributed by atoms with E-state index in [-0.39, 0.29) is 0 Å². The van der Waals surface area contributed by atoms with Crippen molar-refractivity contribution in [2.24, 2.45) is 0 Å². The fourth-order valence-corrected chi connectivity index (χ4v) is 0.722. The maximum Gasteiger partial charge on any atom is 0.631 e. The van der Waals surface area contributed by atoms with E-state index < -0.39 is 7.32 Å². The first-order valence-electron chi connectivity index (χ1n) is 3.36. The second-order valence-corrected chi connectivity index (χ2v) is 2.06. The predicted molar refractivity (Wildman–Crippen MR) is 44.1 cm³/mol. The van der Waals surface area contributed by atoms with Gasteiger partial charge in [0.1, 0.15) is 5.52 Å². The molecule has 8 heteroatoms. The summed E-state index contributed by atoms with van der Waals surface area (Å²) in [7, 11) is -2.17. The van der Waals surface area contributed by atoms with Crippen molar-refractivity contribution in [1.82, 2.24) is 20.4 Å². The maximum atomic E-state index is 7.17. The Bertz CT molecular complexity index is 332. The van der Waals surface area contributed by atoms with Gasteiger partial charge in [-0.15, -0.1) is 10.2 Å². The fourth-order valence-electron chi connectivity index (χ4n) is 0.722. The standard InChI is InChI=1S/C5H4N4.BH3O3/c1-2-6-5-3-7-9-8-4(1)5;2-1(3)4/h1-3,6H;2-4H. The molecule has 2 heterocycles. The molecule has 0 bridgehead atoms. The van der Waals surface area contributed by atoms with Crippen LogP contribution in [-0.2, 0) is 0 Å². The van der Waals surface area contributed by atoms with Gasteiger partial charge < -0.3 is 20.1 Å². The quantitative estimate of drug-likeness (QED) is 0.361. The molecule has 0 atom stereocenters. The van der Waals surface area contributed by atoms with Gasteiger partial charge in [-0.3, -0.25) is 0 Å². The van der Waals surface area contributed by atoms with E-state index >= 15 is 0 Å². The molecule has 0 aromatic carbocycles. The van der Waals surface area contributed by atoms with E-state index in [0.717, 1.165) is 11.0 Å². The van der Waals surface area contributed by atoms with Crippen LogP contribution in [0.1, 0.15) is 0 Å². The van der Waals surface area contributed by atoms with Gasteiger partial charge in [-0.2, -0.15) is 0 Å². The maximum absolute atomic E-state index is 7.17. The Labute approximate surface area is 73.2 Å². The summed E-state index contributed by atoms with van der Waals surface area (Å²) < 4.78 is 0. The summed E-state index contributed by atoms with van der Waals surface area (Å²) in [5, 5.41) is 32.3. The Hall–Kier alpha value is -1.51. The first kappa shape index (κ1) is 9.58. The monoisotopic (exact) mass is 182 g/mol. The third kappa shape index (κ3) is 3.15. The van der Waals surface area contributed by atoms with Gasteiger partial charge in [0.25, 0.3) is 0 Å². The van der Waals surface area contributed by atoms with Gasteiger partial charge in [0.2, 0.25) is 0 Å². The van der Waals surface area contributed by atoms with Crippen molar-refractivity contribution in [1.29, 1.82) is 0 Å². The van der Waals surface area contributed by atoms with Gasteiger partial charge >= 0.3 is 7.32 Å². The van der Waals surface area contributed by atoms with E-state index in [4.69, 9.17) is 15.1 Å². The van der Waals surface area contributed by atoms with E-state index in [1.807, 2.05) is 6.07 Å². The topological polar surface area (TPSA) is 115 Å². The van der Waals surface area contributed by atoms with Crippen LogP contribution >= 0.6 is 0 Å². The van der Waals surface area contributed by atoms with Crippen molar-refractivity contribution < 1.29 is 15.1 Å². The van der Waals surface area contributed by atoms with Crippen LogP contribution in [0.5, 0.6) is 0 Å². The molecule has 68 valence electrons. The molecule has 0 fully saturated rings. The first-order chi connectivity index (χ1) is 6.20. The molecular weight excluding hydrogens is 175 g/mol. The molecule has 0 saturated carbocycles. The van der Waals surface area contributed by atoms with Crippen LogP contribution in [0.15, 0.2) is 18.5 Å². The van der Waals surface area contributed by atoms with Crippen LogP contribution in [-0.4, -0.2) is 42.8 Å². The number of fused-ring (bicyclic) bond motifs is 1. The van der Waals surface area contributed by atoms with Gasteiger partial charge in [-0.25, -0.2) is 0 Å². The minimum absolute atomic E-state index is 0.852. The van der Waals surface area contributed by atoms with Gasteiger partial charge in [0.05, 0.1) is 11.7 Å². The predicted octanol–water partition coefficient (Wildman–Crippen LogP) is -1.70. The normalized spacial score (nSPS) is 9.15. The average Bonchev–Trinajstić information content (AvgIpc) is 2.49. The van der Waals surface area contributed by atoms with Crippen molar-refractivity contribution in [3.05, 3.63) is 18.5 Å². The molecule has 0 unspecified atom stereocenters. The minimum Gasteiger partial charge on any atom is -0.402 e. The SMILES string of the molecule is OB(O)O.c1cc2nnncc2[nH]1. The van der Waals surface area contributed by atoms with E-state index in [1.54, 1.807) is 12.4 Å². The first-order valence-corrected chi connectivity index (χ1v) is 3.36. The van der Waals surface area contributed by atoms with Crippen LogP contribution in [0.25, 0.3) is 11.0 Å². The average molecular weight is 182 g/mol. The highest BCUT2D eigenvalue weighted by molar-refractivity contribution is 6.30. The van der Waals surface area contributed by atoms with Crippen LogP contribution < -0.4 is 0 Å². The molecule has 2 rings (SSSR count). The lowest BCUT2D eigenvalue weighted by atomic mass is 10.3. The zero-order valence-electron chi connectivity index (χ0n) is 6.49. The fraction of sp³-hybridized carbons (Fsp3) is 0. The van der Waals surface area contributed by atoms with Crippen LogP contribution in [0.3, 0.4) is 0 Å². The molecule has 2 aromatic rings. The van der Waals surface area contributed by atoms with Crippen molar-refractivity contribution in [2.45, 2.75) is 0 Å². The summed E-state index contributed by atoms with van der Waals surface area (Å²) >= 11 is 0. The van der Waals surface area contributed by atoms with Crippen LogP contribution in [0.4, 0.5) is 0 Å². The molecule has 7 nitrogen and oxygen atoms in total. The number of aromatic amines is 1. The van der Waals surface area contributed by atoms with E-state index in [2.05, 4.69) is 20.4 Å². The molecule has 0 saturated heterocycles. The van der Waals surface area contributed by atoms with Gasteiger partial charge in [-0.1, -0.05) is 0 Å². The lowest BCUT2D eigenvalue weighted by Gasteiger charge is -1.80. The number of nitrogens with one attached hydrogen (secondary N) is 1. The van der Waals surface area contributed by atoms with Crippen LogP contribution in [0.2, 0.25) is 0 Å². The lowest BCUT2D eigenvalue weighted by Crippen LogP contribution is -2.07. The highest BCUT2D eigenvalue weighted by Gasteiger charge is 1.92.